The second-order valence-electron chi connectivity index (χ2n) is 7.02. The molecule has 1 aliphatic heterocycles. The van der Waals surface area contributed by atoms with Crippen LogP contribution in [0.3, 0.4) is 0 Å². The zero-order chi connectivity index (χ0) is 17.6. The molecule has 0 aromatic carbocycles. The summed E-state index contributed by atoms with van der Waals surface area (Å²) in [4.78, 5) is 49.8. The molecule has 3 rings (SSSR count). The van der Waals surface area contributed by atoms with Gasteiger partial charge in [-0.05, 0) is 25.2 Å². The van der Waals surface area contributed by atoms with Crippen LogP contribution in [0, 0.1) is 23.7 Å². The fourth-order valence-electron chi connectivity index (χ4n) is 4.64. The summed E-state index contributed by atoms with van der Waals surface area (Å²) in [5.74, 6) is -2.22. The number of likely N-dealkylation sites (N-methyl/N-ethyl adjacent to an activating group) is 1. The van der Waals surface area contributed by atoms with Crippen molar-refractivity contribution < 1.29 is 28.4 Å². The van der Waals surface area contributed by atoms with Crippen LogP contribution in [-0.4, -0.2) is 47.9 Å². The Morgan fingerprint density at radius 2 is 1.79 bits per heavy atom. The summed E-state index contributed by atoms with van der Waals surface area (Å²) >= 11 is 0. The lowest BCUT2D eigenvalue weighted by atomic mass is 9.85. The molecule has 0 aromatic rings. The number of nitrogens with two attached hydrogens (primary N) is 1. The van der Waals surface area contributed by atoms with Crippen molar-refractivity contribution in [1.82, 2.24) is 0 Å². The van der Waals surface area contributed by atoms with Crippen molar-refractivity contribution in [3.63, 3.8) is 0 Å². The average Bonchev–Trinajstić information content (AvgIpc) is 3.18. The van der Waals surface area contributed by atoms with E-state index in [1.165, 1.54) is 7.05 Å². The van der Waals surface area contributed by atoms with E-state index in [4.69, 9.17) is 10.5 Å². The van der Waals surface area contributed by atoms with Crippen LogP contribution in [-0.2, 0) is 23.9 Å². The molecule has 3 amide bonds. The first-order chi connectivity index (χ1) is 11.3. The minimum absolute atomic E-state index is 0.0321. The lowest BCUT2D eigenvalue weighted by Crippen LogP contribution is -2.61. The van der Waals surface area contributed by atoms with Crippen LogP contribution in [0.1, 0.15) is 26.2 Å². The van der Waals surface area contributed by atoms with Gasteiger partial charge in [-0.1, -0.05) is 12.2 Å². The van der Waals surface area contributed by atoms with E-state index in [1.54, 1.807) is 6.92 Å². The number of ether oxygens (including phenoxy) is 1. The largest absolute Gasteiger partial charge is 0.462 e. The van der Waals surface area contributed by atoms with E-state index in [0.29, 0.717) is 0 Å². The molecule has 0 spiro atoms. The van der Waals surface area contributed by atoms with Gasteiger partial charge in [0.1, 0.15) is 0 Å². The lowest BCUT2D eigenvalue weighted by molar-refractivity contribution is -0.773. The van der Waals surface area contributed by atoms with Crippen LogP contribution in [0.15, 0.2) is 12.2 Å². The van der Waals surface area contributed by atoms with Gasteiger partial charge in [-0.25, -0.2) is 14.4 Å². The van der Waals surface area contributed by atoms with Gasteiger partial charge < -0.3 is 10.5 Å². The summed E-state index contributed by atoms with van der Waals surface area (Å²) in [5.41, 5.74) is 5.19. The summed E-state index contributed by atoms with van der Waals surface area (Å²) < 4.78 is 4.47. The van der Waals surface area contributed by atoms with Gasteiger partial charge in [-0.15, -0.1) is 0 Å². The molecule has 1 heterocycles. The first kappa shape index (κ1) is 16.8. The number of imide groups is 1. The first-order valence-electron chi connectivity index (χ1n) is 8.40. The molecule has 130 valence electrons. The second-order valence-corrected chi connectivity index (χ2v) is 7.02. The van der Waals surface area contributed by atoms with Gasteiger partial charge in [-0.3, -0.25) is 4.79 Å². The molecular formula is C17H23N2O5+. The van der Waals surface area contributed by atoms with E-state index in [0.717, 1.165) is 6.42 Å². The summed E-state index contributed by atoms with van der Waals surface area (Å²) in [6.07, 6.45) is 4.81. The number of allylic oxidation sites excluding steroid dienone is 2. The molecule has 7 heteroatoms. The van der Waals surface area contributed by atoms with Gasteiger partial charge in [0.05, 0.1) is 25.5 Å². The number of fused-ring (bicyclic) bond motifs is 5. The van der Waals surface area contributed by atoms with Crippen molar-refractivity contribution in [2.75, 3.05) is 13.7 Å². The number of primary amides is 1. The normalized spacial score (nSPS) is 37.6. The maximum Gasteiger partial charge on any atom is 0.366 e. The molecule has 2 N–H and O–H groups in total. The van der Waals surface area contributed by atoms with Gasteiger partial charge in [-0.2, -0.15) is 4.48 Å². The van der Waals surface area contributed by atoms with Gasteiger partial charge in [0.25, 0.3) is 0 Å². The SMILES string of the molecule is CCOC(=O)[C@H](CCC(N)=O)[N+]1(C)C(=O)C2C3C=CC(C3)C2C1=O. The Kier molecular flexibility index (Phi) is 4.07. The van der Waals surface area contributed by atoms with Crippen LogP contribution >= 0.6 is 0 Å². The predicted octanol–water partition coefficient (Wildman–Crippen LogP) is 0.135. The number of carbonyl (C=O) groups is 4. The molecule has 7 nitrogen and oxygen atoms in total. The van der Waals surface area contributed by atoms with Crippen molar-refractivity contribution in [1.29, 1.82) is 0 Å². The minimum atomic E-state index is -1.01. The Balaban J connectivity index is 1.94. The Bertz CT molecular complexity index is 611. The first-order valence-corrected chi connectivity index (χ1v) is 8.40. The van der Waals surface area contributed by atoms with E-state index in [2.05, 4.69) is 0 Å². The van der Waals surface area contributed by atoms with E-state index in [-0.39, 0.29) is 54.9 Å². The van der Waals surface area contributed by atoms with Crippen molar-refractivity contribution >= 4 is 23.7 Å². The lowest BCUT2D eigenvalue weighted by Gasteiger charge is -2.32. The smallest absolute Gasteiger partial charge is 0.366 e. The highest BCUT2D eigenvalue weighted by atomic mass is 16.5. The van der Waals surface area contributed by atoms with Crippen LogP contribution < -0.4 is 5.73 Å². The number of carbonyl (C=O) groups excluding carboxylic acids is 4. The average molecular weight is 335 g/mol. The highest BCUT2D eigenvalue weighted by molar-refractivity contribution is 5.99. The number of quaternary nitrogens is 1. The van der Waals surface area contributed by atoms with Crippen LogP contribution in [0.5, 0.6) is 0 Å². The van der Waals surface area contributed by atoms with Crippen molar-refractivity contribution in [3.05, 3.63) is 12.2 Å². The Morgan fingerprint density at radius 1 is 1.25 bits per heavy atom. The van der Waals surface area contributed by atoms with Gasteiger partial charge in [0.2, 0.25) is 11.9 Å². The van der Waals surface area contributed by atoms with Crippen molar-refractivity contribution in [2.45, 2.75) is 32.2 Å². The number of likely N-dealkylation sites (tertiary alicyclic amines) is 1. The quantitative estimate of drug-likeness (QED) is 0.322. The molecule has 2 bridgehead atoms. The standard InChI is InChI=1S/C17H22N2O5/c1-3-24-17(23)11(6-7-12(18)20)19(2)15(21)13-9-4-5-10(8-9)14(13)16(19)22/h4-5,9-11,13-14H,3,6-8H2,1-2H3,(H-,18,20)/p+1/t9?,10?,11-,13?,14?,19?/m0/s1. The number of amides is 3. The third-order valence-corrected chi connectivity index (χ3v) is 5.79. The molecule has 2 aliphatic carbocycles. The predicted molar refractivity (Wildman–Crippen MR) is 82.8 cm³/mol. The van der Waals surface area contributed by atoms with E-state index >= 15 is 0 Å². The van der Waals surface area contributed by atoms with Gasteiger partial charge >= 0.3 is 17.8 Å². The fraction of sp³-hybridized carbons (Fsp3) is 0.647. The molecule has 1 saturated heterocycles. The van der Waals surface area contributed by atoms with Crippen molar-refractivity contribution in [3.8, 4) is 0 Å². The Morgan fingerprint density at radius 3 is 2.25 bits per heavy atom. The number of nitrogens with zero attached hydrogens (tertiary/aromatic N) is 1. The molecule has 24 heavy (non-hydrogen) atoms. The fourth-order valence-corrected chi connectivity index (χ4v) is 4.64. The Labute approximate surface area is 140 Å². The van der Waals surface area contributed by atoms with E-state index in [9.17, 15) is 19.2 Å². The molecule has 1 saturated carbocycles. The monoisotopic (exact) mass is 335 g/mol. The van der Waals surface area contributed by atoms with E-state index in [1.807, 2.05) is 12.2 Å². The molecule has 0 aromatic heterocycles. The van der Waals surface area contributed by atoms with Crippen molar-refractivity contribution in [2.24, 2.45) is 29.4 Å². The maximum absolute atomic E-state index is 13.1. The molecule has 4 unspecified atom stereocenters. The third kappa shape index (κ3) is 2.22. The number of esters is 1. The molecular weight excluding hydrogens is 312 g/mol. The Hall–Kier alpha value is -2.02. The van der Waals surface area contributed by atoms with Crippen LogP contribution in [0.2, 0.25) is 0 Å². The highest BCUT2D eigenvalue weighted by Crippen LogP contribution is 2.55. The number of rotatable bonds is 6. The molecule has 0 radical (unpaired) electrons. The molecule has 2 fully saturated rings. The van der Waals surface area contributed by atoms with E-state index < -0.39 is 22.4 Å². The van der Waals surface area contributed by atoms with Gasteiger partial charge in [0, 0.05) is 12.8 Å². The summed E-state index contributed by atoms with van der Waals surface area (Å²) in [6.45, 7) is 1.81. The minimum Gasteiger partial charge on any atom is -0.462 e. The summed E-state index contributed by atoms with van der Waals surface area (Å²) in [6, 6.07) is -1.01. The second kappa shape index (κ2) is 5.81. The van der Waals surface area contributed by atoms with Gasteiger partial charge in [0.15, 0.2) is 0 Å². The van der Waals surface area contributed by atoms with Crippen LogP contribution in [0.25, 0.3) is 0 Å². The number of hydrogen-bond acceptors (Lipinski definition) is 5. The zero-order valence-electron chi connectivity index (χ0n) is 13.9. The summed E-state index contributed by atoms with van der Waals surface area (Å²) in [7, 11) is 1.49. The van der Waals surface area contributed by atoms with Crippen LogP contribution in [0.4, 0.5) is 0 Å². The highest BCUT2D eigenvalue weighted by Gasteiger charge is 2.70. The third-order valence-electron chi connectivity index (χ3n) is 5.79. The zero-order valence-corrected chi connectivity index (χ0v) is 13.9. The maximum atomic E-state index is 13.1. The molecule has 5 atom stereocenters. The topological polar surface area (TPSA) is 104 Å². The summed E-state index contributed by atoms with van der Waals surface area (Å²) in [5, 5.41) is 0. The molecule has 3 aliphatic rings. The number of hydrogen-bond donors (Lipinski definition) is 1.